The van der Waals surface area contributed by atoms with Gasteiger partial charge in [0, 0.05) is 6.20 Å². The van der Waals surface area contributed by atoms with E-state index < -0.39 is 0 Å². The number of nitrogens with two attached hydrogens (primary N) is 1. The Morgan fingerprint density at radius 1 is 1.50 bits per heavy atom. The highest BCUT2D eigenvalue weighted by Gasteiger charge is 2.00. The number of nitrogen functional groups attached to an aromatic ring is 1. The monoisotopic (exact) mass is 151 g/mol. The van der Waals surface area contributed by atoms with Crippen molar-refractivity contribution < 1.29 is 0 Å². The fourth-order valence-electron chi connectivity index (χ4n) is 0.798. The van der Waals surface area contributed by atoms with E-state index in [-0.39, 0.29) is 0 Å². The first kappa shape index (κ1) is 5.61. The third-order valence-electron chi connectivity index (χ3n) is 1.26. The third kappa shape index (κ3) is 0.657. The zero-order chi connectivity index (χ0) is 6.97. The summed E-state index contributed by atoms with van der Waals surface area (Å²) in [5, 5.41) is 0. The van der Waals surface area contributed by atoms with E-state index >= 15 is 0 Å². The molecule has 2 N–H and O–H groups in total. The Kier molecular flexibility index (Phi) is 1.07. The van der Waals surface area contributed by atoms with Crippen molar-refractivity contribution in [2.75, 3.05) is 5.73 Å². The number of hydrogen-bond acceptors (Lipinski definition) is 4. The average molecular weight is 151 g/mol. The van der Waals surface area contributed by atoms with E-state index in [2.05, 4.69) is 9.36 Å². The number of aromatic nitrogens is 2. The maximum absolute atomic E-state index is 5.51. The van der Waals surface area contributed by atoms with Gasteiger partial charge in [0.1, 0.15) is 5.52 Å². The molecule has 0 unspecified atom stereocenters. The Bertz CT molecular complexity index is 355. The summed E-state index contributed by atoms with van der Waals surface area (Å²) in [7, 11) is 0. The van der Waals surface area contributed by atoms with Crippen LogP contribution in [0.5, 0.6) is 0 Å². The van der Waals surface area contributed by atoms with E-state index in [0.29, 0.717) is 5.82 Å². The highest BCUT2D eigenvalue weighted by molar-refractivity contribution is 7.13. The number of pyridine rings is 1. The minimum atomic E-state index is 0.528. The van der Waals surface area contributed by atoms with Crippen LogP contribution in [0.3, 0.4) is 0 Å². The van der Waals surface area contributed by atoms with E-state index in [0.717, 1.165) is 10.2 Å². The van der Waals surface area contributed by atoms with Crippen LogP contribution in [-0.2, 0) is 0 Å². The van der Waals surface area contributed by atoms with Crippen molar-refractivity contribution in [3.8, 4) is 0 Å². The van der Waals surface area contributed by atoms with Gasteiger partial charge in [-0.15, -0.1) is 0 Å². The molecular formula is C6H5N3S. The molecule has 2 aromatic rings. The second-order valence-electron chi connectivity index (χ2n) is 1.92. The van der Waals surface area contributed by atoms with Crippen LogP contribution in [0.4, 0.5) is 5.82 Å². The van der Waals surface area contributed by atoms with Crippen molar-refractivity contribution >= 4 is 27.6 Å². The summed E-state index contributed by atoms with van der Waals surface area (Å²) < 4.78 is 4.99. The molecule has 2 heterocycles. The molecule has 2 rings (SSSR count). The van der Waals surface area contributed by atoms with Crippen LogP contribution in [0, 0.1) is 0 Å². The fourth-order valence-corrected chi connectivity index (χ4v) is 1.46. The van der Waals surface area contributed by atoms with E-state index in [1.807, 2.05) is 12.1 Å². The standard InChI is InChI=1S/C6H5N3S/c7-6-5-4(10-9-6)2-1-3-8-5/h1-3H,(H2,7,9). The van der Waals surface area contributed by atoms with Crippen LogP contribution in [-0.4, -0.2) is 9.36 Å². The molecular weight excluding hydrogens is 146 g/mol. The molecule has 3 nitrogen and oxygen atoms in total. The molecule has 0 aliphatic carbocycles. The molecule has 0 radical (unpaired) electrons. The van der Waals surface area contributed by atoms with Crippen LogP contribution < -0.4 is 5.73 Å². The molecule has 0 spiro atoms. The number of nitrogens with zero attached hydrogens (tertiary/aromatic N) is 2. The van der Waals surface area contributed by atoms with E-state index in [4.69, 9.17) is 5.73 Å². The summed E-state index contributed by atoms with van der Waals surface area (Å²) in [6.45, 7) is 0. The second kappa shape index (κ2) is 1.91. The van der Waals surface area contributed by atoms with Crippen LogP contribution in [0.1, 0.15) is 0 Å². The normalized spacial score (nSPS) is 10.4. The van der Waals surface area contributed by atoms with Gasteiger partial charge in [0.05, 0.1) is 4.70 Å². The van der Waals surface area contributed by atoms with Gasteiger partial charge in [-0.2, -0.15) is 4.37 Å². The zero-order valence-electron chi connectivity index (χ0n) is 5.11. The Morgan fingerprint density at radius 2 is 2.40 bits per heavy atom. The Balaban J connectivity index is 2.93. The largest absolute Gasteiger partial charge is 0.381 e. The van der Waals surface area contributed by atoms with Crippen LogP contribution in [0.15, 0.2) is 18.3 Å². The van der Waals surface area contributed by atoms with E-state index in [1.165, 1.54) is 11.5 Å². The first-order chi connectivity index (χ1) is 4.88. The summed E-state index contributed by atoms with van der Waals surface area (Å²) >= 11 is 1.38. The van der Waals surface area contributed by atoms with Crippen molar-refractivity contribution in [3.63, 3.8) is 0 Å². The Morgan fingerprint density at radius 3 is 3.20 bits per heavy atom. The smallest absolute Gasteiger partial charge is 0.163 e. The summed E-state index contributed by atoms with van der Waals surface area (Å²) in [6, 6.07) is 3.83. The molecule has 0 saturated heterocycles. The lowest BCUT2D eigenvalue weighted by Gasteiger charge is -1.84. The molecule has 0 aliphatic rings. The van der Waals surface area contributed by atoms with Gasteiger partial charge in [-0.1, -0.05) is 0 Å². The maximum Gasteiger partial charge on any atom is 0.163 e. The van der Waals surface area contributed by atoms with E-state index in [1.54, 1.807) is 6.20 Å². The van der Waals surface area contributed by atoms with Crippen LogP contribution in [0.25, 0.3) is 10.2 Å². The van der Waals surface area contributed by atoms with Gasteiger partial charge in [0.2, 0.25) is 0 Å². The number of hydrogen-bond donors (Lipinski definition) is 1. The summed E-state index contributed by atoms with van der Waals surface area (Å²) in [5.41, 5.74) is 6.33. The SMILES string of the molecule is Nc1nsc2cccnc12. The number of fused-ring (bicyclic) bond motifs is 1. The summed E-state index contributed by atoms with van der Waals surface area (Å²) in [6.07, 6.45) is 1.72. The van der Waals surface area contributed by atoms with Gasteiger partial charge in [-0.3, -0.25) is 4.98 Å². The molecule has 0 saturated carbocycles. The first-order valence-electron chi connectivity index (χ1n) is 2.84. The lowest BCUT2D eigenvalue weighted by atomic mass is 10.4. The van der Waals surface area contributed by atoms with Gasteiger partial charge in [-0.25, -0.2) is 0 Å². The highest BCUT2D eigenvalue weighted by atomic mass is 32.1. The molecule has 0 atom stereocenters. The quantitative estimate of drug-likeness (QED) is 0.617. The molecule has 2 aromatic heterocycles. The molecule has 0 amide bonds. The predicted molar refractivity (Wildman–Crippen MR) is 41.8 cm³/mol. The fraction of sp³-hybridized carbons (Fsp3) is 0. The van der Waals surface area contributed by atoms with Gasteiger partial charge in [0.25, 0.3) is 0 Å². The number of rotatable bonds is 0. The first-order valence-corrected chi connectivity index (χ1v) is 3.61. The predicted octanol–water partition coefficient (Wildman–Crippen LogP) is 1.27. The molecule has 0 aliphatic heterocycles. The molecule has 4 heteroatoms. The molecule has 0 bridgehead atoms. The maximum atomic E-state index is 5.51. The van der Waals surface area contributed by atoms with Crippen molar-refractivity contribution in [2.45, 2.75) is 0 Å². The topological polar surface area (TPSA) is 51.8 Å². The van der Waals surface area contributed by atoms with Gasteiger partial charge < -0.3 is 5.73 Å². The lowest BCUT2D eigenvalue weighted by Crippen LogP contribution is -1.84. The van der Waals surface area contributed by atoms with Crippen molar-refractivity contribution in [1.82, 2.24) is 9.36 Å². The van der Waals surface area contributed by atoms with Crippen molar-refractivity contribution in [3.05, 3.63) is 18.3 Å². The number of anilines is 1. The Hall–Kier alpha value is -1.16. The van der Waals surface area contributed by atoms with Crippen LogP contribution >= 0.6 is 11.5 Å². The highest BCUT2D eigenvalue weighted by Crippen LogP contribution is 2.20. The lowest BCUT2D eigenvalue weighted by molar-refractivity contribution is 1.41. The summed E-state index contributed by atoms with van der Waals surface area (Å²) in [5.74, 6) is 0.528. The molecule has 50 valence electrons. The summed E-state index contributed by atoms with van der Waals surface area (Å²) in [4.78, 5) is 4.06. The van der Waals surface area contributed by atoms with E-state index in [9.17, 15) is 0 Å². The van der Waals surface area contributed by atoms with Crippen molar-refractivity contribution in [2.24, 2.45) is 0 Å². The van der Waals surface area contributed by atoms with Gasteiger partial charge >= 0.3 is 0 Å². The minimum absolute atomic E-state index is 0.528. The van der Waals surface area contributed by atoms with Crippen LogP contribution in [0.2, 0.25) is 0 Å². The van der Waals surface area contributed by atoms with Crippen molar-refractivity contribution in [1.29, 1.82) is 0 Å². The molecule has 10 heavy (non-hydrogen) atoms. The third-order valence-corrected chi connectivity index (χ3v) is 2.07. The average Bonchev–Trinajstić information content (AvgIpc) is 2.34. The minimum Gasteiger partial charge on any atom is -0.381 e. The zero-order valence-corrected chi connectivity index (χ0v) is 5.93. The molecule has 0 fully saturated rings. The Labute approximate surface area is 61.7 Å². The van der Waals surface area contributed by atoms with Gasteiger partial charge in [-0.05, 0) is 23.7 Å². The molecule has 0 aromatic carbocycles. The second-order valence-corrected chi connectivity index (χ2v) is 2.72. The van der Waals surface area contributed by atoms with Gasteiger partial charge in [0.15, 0.2) is 5.82 Å².